The highest BCUT2D eigenvalue weighted by molar-refractivity contribution is 5.81. The largest absolute Gasteiger partial charge is 0.369 e. The molecule has 0 aromatic carbocycles. The first kappa shape index (κ1) is 16.9. The third-order valence-electron chi connectivity index (χ3n) is 1.87. The van der Waals surface area contributed by atoms with Crippen LogP contribution in [0.2, 0.25) is 0 Å². The van der Waals surface area contributed by atoms with E-state index in [-0.39, 0.29) is 5.41 Å². The van der Waals surface area contributed by atoms with Crippen LogP contribution in [0.5, 0.6) is 0 Å². The first-order valence-corrected chi connectivity index (χ1v) is 6.02. The van der Waals surface area contributed by atoms with Crippen LogP contribution in [-0.2, 0) is 19.6 Å². The Hall–Kier alpha value is -1.13. The van der Waals surface area contributed by atoms with E-state index in [9.17, 15) is 4.79 Å². The van der Waals surface area contributed by atoms with Crippen molar-refractivity contribution in [2.24, 2.45) is 5.41 Å². The van der Waals surface area contributed by atoms with Gasteiger partial charge in [0.2, 0.25) is 0 Å². The van der Waals surface area contributed by atoms with E-state index < -0.39 is 11.6 Å². The third-order valence-corrected chi connectivity index (χ3v) is 1.87. The summed E-state index contributed by atoms with van der Waals surface area (Å²) in [4.78, 5) is 20.7. The molecule has 0 aromatic rings. The summed E-state index contributed by atoms with van der Waals surface area (Å²) in [6.45, 7) is 11.9. The predicted molar refractivity (Wildman–Crippen MR) is 70.4 cm³/mol. The number of rotatable bonds is 6. The van der Waals surface area contributed by atoms with Gasteiger partial charge in [0.05, 0.1) is 0 Å². The van der Waals surface area contributed by atoms with Gasteiger partial charge in [-0.1, -0.05) is 39.0 Å². The van der Waals surface area contributed by atoms with Crippen LogP contribution in [0.25, 0.3) is 0 Å². The maximum Gasteiger partial charge on any atom is 0.369 e. The van der Waals surface area contributed by atoms with E-state index in [2.05, 4.69) is 30.7 Å². The molecule has 0 spiro atoms. The second-order valence-electron chi connectivity index (χ2n) is 5.94. The predicted octanol–water partition coefficient (Wildman–Crippen LogP) is 3.74. The summed E-state index contributed by atoms with van der Waals surface area (Å²) < 4.78 is 0. The lowest BCUT2D eigenvalue weighted by atomic mass is 9.84. The molecule has 0 rings (SSSR count). The molecule has 18 heavy (non-hydrogen) atoms. The maximum atomic E-state index is 11.1. The molecule has 0 heterocycles. The van der Waals surface area contributed by atoms with E-state index in [4.69, 9.17) is 4.89 Å². The van der Waals surface area contributed by atoms with E-state index in [1.165, 1.54) is 6.08 Å². The molecule has 0 aliphatic heterocycles. The fourth-order valence-electron chi connectivity index (χ4n) is 1.72. The molecule has 0 radical (unpaired) electrons. The van der Waals surface area contributed by atoms with Crippen molar-refractivity contribution in [2.45, 2.75) is 53.6 Å². The van der Waals surface area contributed by atoms with Crippen LogP contribution in [0.1, 0.15) is 48.0 Å². The molecule has 0 aromatic heterocycles. The van der Waals surface area contributed by atoms with E-state index >= 15 is 0 Å². The van der Waals surface area contributed by atoms with Crippen molar-refractivity contribution in [1.82, 2.24) is 0 Å². The zero-order valence-corrected chi connectivity index (χ0v) is 12.1. The Bertz CT molecular complexity index is 308. The van der Waals surface area contributed by atoms with Gasteiger partial charge in [-0.25, -0.2) is 4.79 Å². The number of allylic oxidation sites excluding steroid dienone is 3. The molecule has 0 fully saturated rings. The topological polar surface area (TPSA) is 44.8 Å². The number of carbonyl (C=O) groups is 1. The van der Waals surface area contributed by atoms with Gasteiger partial charge < -0.3 is 0 Å². The van der Waals surface area contributed by atoms with Crippen LogP contribution >= 0.6 is 0 Å². The molecule has 0 atom stereocenters. The van der Waals surface area contributed by atoms with Crippen molar-refractivity contribution in [3.05, 3.63) is 24.3 Å². The van der Waals surface area contributed by atoms with Gasteiger partial charge in [0.25, 0.3) is 0 Å². The molecule has 0 aliphatic carbocycles. The van der Waals surface area contributed by atoms with Gasteiger partial charge >= 0.3 is 5.97 Å². The van der Waals surface area contributed by atoms with Crippen LogP contribution in [-0.4, -0.2) is 11.6 Å². The van der Waals surface area contributed by atoms with Gasteiger partial charge in [-0.05, 0) is 37.6 Å². The summed E-state index contributed by atoms with van der Waals surface area (Å²) in [5.41, 5.74) is -0.422. The Kier molecular flexibility index (Phi) is 6.88. The van der Waals surface area contributed by atoms with Crippen LogP contribution in [0.3, 0.4) is 0 Å². The quantitative estimate of drug-likeness (QED) is 0.314. The molecule has 4 heteroatoms. The minimum Gasteiger partial charge on any atom is -0.264 e. The van der Waals surface area contributed by atoms with E-state index in [0.29, 0.717) is 0 Å². The SMILES string of the molecule is CC=CC=CC(=O)OOOC(C)(C)CC(C)(C)C. The van der Waals surface area contributed by atoms with E-state index in [1.807, 2.05) is 20.8 Å². The zero-order valence-electron chi connectivity index (χ0n) is 12.1. The highest BCUT2D eigenvalue weighted by atomic mass is 17.5. The molecule has 0 unspecified atom stereocenters. The van der Waals surface area contributed by atoms with Crippen molar-refractivity contribution in [3.63, 3.8) is 0 Å². The molecule has 0 saturated carbocycles. The lowest BCUT2D eigenvalue weighted by Crippen LogP contribution is -2.30. The fourth-order valence-corrected chi connectivity index (χ4v) is 1.72. The summed E-state index contributed by atoms with van der Waals surface area (Å²) >= 11 is 0. The number of hydrogen-bond donors (Lipinski definition) is 0. The van der Waals surface area contributed by atoms with Crippen LogP contribution in [0, 0.1) is 5.41 Å². The highest BCUT2D eigenvalue weighted by Crippen LogP contribution is 2.29. The standard InChI is InChI=1S/C14H24O4/c1-7-8-9-10-12(15)16-18-17-14(5,6)11-13(2,3)4/h7-10H,11H2,1-6H3. The maximum absolute atomic E-state index is 11.1. The van der Waals surface area contributed by atoms with Crippen molar-refractivity contribution in [2.75, 3.05) is 0 Å². The van der Waals surface area contributed by atoms with Crippen molar-refractivity contribution in [1.29, 1.82) is 0 Å². The van der Waals surface area contributed by atoms with Crippen molar-refractivity contribution < 1.29 is 19.6 Å². The normalized spacial score (nSPS) is 13.4. The van der Waals surface area contributed by atoms with Crippen molar-refractivity contribution in [3.8, 4) is 0 Å². The lowest BCUT2D eigenvalue weighted by molar-refractivity contribution is -0.517. The van der Waals surface area contributed by atoms with Gasteiger partial charge in [0.15, 0.2) is 0 Å². The molecular weight excluding hydrogens is 232 g/mol. The van der Waals surface area contributed by atoms with Gasteiger partial charge in [0, 0.05) is 6.08 Å². The minimum absolute atomic E-state index is 0.0999. The second-order valence-corrected chi connectivity index (χ2v) is 5.94. The average molecular weight is 256 g/mol. The molecule has 4 nitrogen and oxygen atoms in total. The highest BCUT2D eigenvalue weighted by Gasteiger charge is 2.28. The molecular formula is C14H24O4. The molecule has 104 valence electrons. The summed E-state index contributed by atoms with van der Waals surface area (Å²) in [5.74, 6) is -0.611. The molecule has 0 aliphatic rings. The first-order valence-electron chi connectivity index (χ1n) is 6.02. The molecule has 0 amide bonds. The Labute approximate surface area is 109 Å². The van der Waals surface area contributed by atoms with Crippen LogP contribution in [0.15, 0.2) is 24.3 Å². The third kappa shape index (κ3) is 10.1. The van der Waals surface area contributed by atoms with Gasteiger partial charge in [0.1, 0.15) is 5.60 Å². The summed E-state index contributed by atoms with van der Waals surface area (Å²) in [6.07, 6.45) is 7.09. The lowest BCUT2D eigenvalue weighted by Gasteiger charge is -2.29. The second kappa shape index (κ2) is 7.34. The van der Waals surface area contributed by atoms with E-state index in [0.717, 1.165) is 6.42 Å². The van der Waals surface area contributed by atoms with Crippen LogP contribution < -0.4 is 0 Å². The molecule has 0 bridgehead atoms. The van der Waals surface area contributed by atoms with Gasteiger partial charge in [-0.3, -0.25) is 4.89 Å². The van der Waals surface area contributed by atoms with E-state index in [1.54, 1.807) is 18.2 Å². The molecule has 0 saturated heterocycles. The Balaban J connectivity index is 4.00. The smallest absolute Gasteiger partial charge is 0.264 e. The summed E-state index contributed by atoms with van der Waals surface area (Å²) in [5, 5.41) is 4.51. The zero-order chi connectivity index (χ0) is 14.2. The van der Waals surface area contributed by atoms with Crippen LogP contribution in [0.4, 0.5) is 0 Å². The number of hydrogen-bond acceptors (Lipinski definition) is 4. The van der Waals surface area contributed by atoms with Gasteiger partial charge in [-0.15, -0.1) is 0 Å². The van der Waals surface area contributed by atoms with Gasteiger partial charge in [-0.2, -0.15) is 4.89 Å². The first-order chi connectivity index (χ1) is 8.16. The Morgan fingerprint density at radius 2 is 1.72 bits per heavy atom. The average Bonchev–Trinajstić information content (AvgIpc) is 2.13. The summed E-state index contributed by atoms with van der Waals surface area (Å²) in [7, 11) is 0. The Morgan fingerprint density at radius 3 is 2.22 bits per heavy atom. The van der Waals surface area contributed by atoms with Crippen molar-refractivity contribution >= 4 is 5.97 Å². The molecule has 0 N–H and O–H groups in total. The minimum atomic E-state index is -0.611. The summed E-state index contributed by atoms with van der Waals surface area (Å²) in [6, 6.07) is 0. The Morgan fingerprint density at radius 1 is 1.11 bits per heavy atom. The fraction of sp³-hybridized carbons (Fsp3) is 0.643. The number of carbonyl (C=O) groups excluding carboxylic acids is 1. The monoisotopic (exact) mass is 256 g/mol.